The van der Waals surface area contributed by atoms with Crippen molar-refractivity contribution in [3.05, 3.63) is 39.6 Å². The molecule has 0 aliphatic heterocycles. The summed E-state index contributed by atoms with van der Waals surface area (Å²) in [6, 6.07) is 3.79. The molecule has 1 aromatic heterocycles. The highest BCUT2D eigenvalue weighted by Gasteiger charge is 2.26. The fourth-order valence-electron chi connectivity index (χ4n) is 2.60. The maximum atomic E-state index is 12.1. The average molecular weight is 444 g/mol. The van der Waals surface area contributed by atoms with Crippen LogP contribution in [0.2, 0.25) is 0 Å². The molecule has 0 bridgehead atoms. The maximum Gasteiger partial charge on any atom is 0.525 e. The van der Waals surface area contributed by atoms with E-state index >= 15 is 0 Å². The van der Waals surface area contributed by atoms with Crippen LogP contribution in [0.15, 0.2) is 18.2 Å². The number of aromatic nitrogens is 2. The lowest BCUT2D eigenvalue weighted by Gasteiger charge is -2.15. The second-order valence-corrected chi connectivity index (χ2v) is 7.19. The van der Waals surface area contributed by atoms with Crippen LogP contribution >= 0.6 is 7.82 Å². The third-order valence-electron chi connectivity index (χ3n) is 3.90. The van der Waals surface area contributed by atoms with Crippen LogP contribution in [-0.4, -0.2) is 51.0 Å². The van der Waals surface area contributed by atoms with Crippen molar-refractivity contribution in [1.82, 2.24) is 9.78 Å². The number of nitrogens with zero attached hydrogens (tertiary/aromatic N) is 3. The number of methoxy groups -OCH3 is 2. The van der Waals surface area contributed by atoms with E-state index in [1.54, 1.807) is 0 Å². The van der Waals surface area contributed by atoms with Gasteiger partial charge in [0.05, 0.1) is 20.3 Å². The molecule has 0 spiro atoms. The summed E-state index contributed by atoms with van der Waals surface area (Å²) in [4.78, 5) is 41.0. The quantitative estimate of drug-likeness (QED) is 0.196. The minimum absolute atomic E-state index is 0.0597. The molecule has 13 nitrogen and oxygen atoms in total. The molecule has 0 saturated carbocycles. The topological polar surface area (TPSA) is 189 Å². The van der Waals surface area contributed by atoms with Crippen LogP contribution in [-0.2, 0) is 11.1 Å². The maximum absolute atomic E-state index is 12.1. The number of benzene rings is 1. The van der Waals surface area contributed by atoms with Crippen LogP contribution in [0.5, 0.6) is 17.2 Å². The zero-order chi connectivity index (χ0) is 22.5. The molecule has 4 N–H and O–H groups in total. The molecule has 0 atom stereocenters. The SMILES string of the molecule is COc1cc(Cn2nc(C(=O)CCCN)cc2[N+](=O)[O-])cc(OC)c1OP(=O)(O)O. The van der Waals surface area contributed by atoms with Gasteiger partial charge in [0.15, 0.2) is 23.0 Å². The lowest BCUT2D eigenvalue weighted by Crippen LogP contribution is -2.09. The van der Waals surface area contributed by atoms with Gasteiger partial charge in [-0.3, -0.25) is 14.6 Å². The summed E-state index contributed by atoms with van der Waals surface area (Å²) < 4.78 is 27.0. The average Bonchev–Trinajstić information content (AvgIpc) is 3.10. The van der Waals surface area contributed by atoms with Gasteiger partial charge in [0, 0.05) is 12.0 Å². The number of ketones is 1. The summed E-state index contributed by atoms with van der Waals surface area (Å²) in [6.07, 6.45) is 0.537. The Balaban J connectivity index is 2.44. The first-order valence-electron chi connectivity index (χ1n) is 8.55. The Kier molecular flexibility index (Phi) is 7.51. The fraction of sp³-hybridized carbons (Fsp3) is 0.375. The normalized spacial score (nSPS) is 11.2. The number of Topliss-reactive ketones (excluding diaryl/α,β-unsaturated/α-hetero) is 1. The molecular weight excluding hydrogens is 423 g/mol. The number of phosphoric acid groups is 1. The van der Waals surface area contributed by atoms with E-state index < -0.39 is 18.6 Å². The first kappa shape index (κ1) is 23.3. The number of hydrogen-bond acceptors (Lipinski definition) is 9. The summed E-state index contributed by atoms with van der Waals surface area (Å²) in [7, 11) is -2.41. The van der Waals surface area contributed by atoms with Gasteiger partial charge in [-0.2, -0.15) is 0 Å². The fourth-order valence-corrected chi connectivity index (χ4v) is 3.02. The van der Waals surface area contributed by atoms with Gasteiger partial charge in [0.1, 0.15) is 6.54 Å². The summed E-state index contributed by atoms with van der Waals surface area (Å²) in [5, 5.41) is 15.4. The largest absolute Gasteiger partial charge is 0.525 e. The van der Waals surface area contributed by atoms with E-state index in [2.05, 4.69) is 9.62 Å². The van der Waals surface area contributed by atoms with Gasteiger partial charge in [0.25, 0.3) is 0 Å². The molecule has 2 rings (SSSR count). The van der Waals surface area contributed by atoms with Crippen LogP contribution in [0.3, 0.4) is 0 Å². The molecule has 164 valence electrons. The molecule has 0 aliphatic rings. The molecule has 0 fully saturated rings. The second-order valence-electron chi connectivity index (χ2n) is 6.03. The third kappa shape index (κ3) is 5.76. The van der Waals surface area contributed by atoms with E-state index in [1.165, 1.54) is 26.4 Å². The lowest BCUT2D eigenvalue weighted by atomic mass is 10.2. The number of nitro groups is 1. The highest BCUT2D eigenvalue weighted by molar-refractivity contribution is 7.46. The van der Waals surface area contributed by atoms with Gasteiger partial charge in [0.2, 0.25) is 5.75 Å². The first-order chi connectivity index (χ1) is 14.1. The Morgan fingerprint density at radius 1 is 1.27 bits per heavy atom. The van der Waals surface area contributed by atoms with E-state index in [4.69, 9.17) is 25.0 Å². The van der Waals surface area contributed by atoms with Gasteiger partial charge in [-0.1, -0.05) is 5.10 Å². The third-order valence-corrected chi connectivity index (χ3v) is 4.32. The first-order valence-corrected chi connectivity index (χ1v) is 10.1. The molecule has 30 heavy (non-hydrogen) atoms. The Morgan fingerprint density at radius 3 is 2.33 bits per heavy atom. The number of carbonyl (C=O) groups is 1. The zero-order valence-corrected chi connectivity index (χ0v) is 17.1. The highest BCUT2D eigenvalue weighted by atomic mass is 31.2. The van der Waals surface area contributed by atoms with E-state index in [9.17, 15) is 19.5 Å². The van der Waals surface area contributed by atoms with E-state index in [0.29, 0.717) is 18.5 Å². The van der Waals surface area contributed by atoms with Crippen molar-refractivity contribution < 1.29 is 38.1 Å². The van der Waals surface area contributed by atoms with Gasteiger partial charge in [-0.15, -0.1) is 4.68 Å². The molecule has 1 heterocycles. The van der Waals surface area contributed by atoms with E-state index in [-0.39, 0.29) is 41.7 Å². The Morgan fingerprint density at radius 2 is 1.87 bits per heavy atom. The number of phosphoric ester groups is 1. The van der Waals surface area contributed by atoms with Crippen molar-refractivity contribution >= 4 is 19.4 Å². The minimum atomic E-state index is -4.90. The molecule has 14 heteroatoms. The van der Waals surface area contributed by atoms with E-state index in [0.717, 1.165) is 10.7 Å². The summed E-state index contributed by atoms with van der Waals surface area (Å²) in [5.74, 6) is -1.24. The number of rotatable bonds is 11. The van der Waals surface area contributed by atoms with Gasteiger partial charge >= 0.3 is 13.6 Å². The number of nitrogens with two attached hydrogens (primary N) is 1. The molecule has 0 amide bonds. The van der Waals surface area contributed by atoms with Gasteiger partial charge in [-0.25, -0.2) is 4.57 Å². The van der Waals surface area contributed by atoms with Crippen molar-refractivity contribution in [2.45, 2.75) is 19.4 Å². The molecule has 2 aromatic rings. The molecule has 1 aromatic carbocycles. The molecule has 0 saturated heterocycles. The lowest BCUT2D eigenvalue weighted by molar-refractivity contribution is -0.392. The zero-order valence-electron chi connectivity index (χ0n) is 16.2. The minimum Gasteiger partial charge on any atom is -0.493 e. The van der Waals surface area contributed by atoms with Crippen LogP contribution in [0, 0.1) is 10.1 Å². The predicted octanol–water partition coefficient (Wildman–Crippen LogP) is 1.25. The molecule has 0 radical (unpaired) electrons. The summed E-state index contributed by atoms with van der Waals surface area (Å²) in [6.45, 7) is 0.153. The van der Waals surface area contributed by atoms with Crippen molar-refractivity contribution in [1.29, 1.82) is 0 Å². The molecular formula is C16H21N4O9P. The van der Waals surface area contributed by atoms with Crippen LogP contribution in [0.25, 0.3) is 0 Å². The van der Waals surface area contributed by atoms with Crippen molar-refractivity contribution in [2.24, 2.45) is 5.73 Å². The molecule has 0 unspecified atom stereocenters. The van der Waals surface area contributed by atoms with Crippen molar-refractivity contribution in [3.63, 3.8) is 0 Å². The number of carbonyl (C=O) groups excluding carboxylic acids is 1. The van der Waals surface area contributed by atoms with E-state index in [1.807, 2.05) is 0 Å². The monoisotopic (exact) mass is 444 g/mol. The Labute approximate surface area is 170 Å². The summed E-state index contributed by atoms with van der Waals surface area (Å²) in [5.41, 5.74) is 5.70. The van der Waals surface area contributed by atoms with Crippen LogP contribution in [0.1, 0.15) is 28.9 Å². The van der Waals surface area contributed by atoms with Gasteiger partial charge < -0.3 is 29.8 Å². The summed E-state index contributed by atoms with van der Waals surface area (Å²) >= 11 is 0. The number of ether oxygens (including phenoxy) is 2. The number of hydrogen-bond donors (Lipinski definition) is 3. The molecule has 0 aliphatic carbocycles. The van der Waals surface area contributed by atoms with Crippen LogP contribution < -0.4 is 19.7 Å². The predicted molar refractivity (Wildman–Crippen MR) is 103 cm³/mol. The smallest absolute Gasteiger partial charge is 0.493 e. The van der Waals surface area contributed by atoms with Crippen molar-refractivity contribution in [2.75, 3.05) is 20.8 Å². The highest BCUT2D eigenvalue weighted by Crippen LogP contribution is 2.47. The second kappa shape index (κ2) is 9.67. The Hall–Kier alpha value is -2.99. The van der Waals surface area contributed by atoms with Crippen LogP contribution in [0.4, 0.5) is 5.82 Å². The Bertz CT molecular complexity index is 960. The van der Waals surface area contributed by atoms with Crippen molar-refractivity contribution in [3.8, 4) is 17.2 Å². The standard InChI is InChI=1S/C16H21N4O9P/c1-27-13-6-10(7-14(28-2)16(13)29-30(24,25)26)9-19-15(20(22)23)8-11(18-19)12(21)4-3-5-17/h6-8H,3-5,9,17H2,1-2H3,(H2,24,25,26). The van der Waals surface area contributed by atoms with Gasteiger partial charge in [-0.05, 0) is 30.0 Å².